The second-order valence-electron chi connectivity index (χ2n) is 9.24. The fourth-order valence-corrected chi connectivity index (χ4v) is 4.91. The summed E-state index contributed by atoms with van der Waals surface area (Å²) in [6.07, 6.45) is 5.74. The van der Waals surface area contributed by atoms with Gasteiger partial charge in [-0.3, -0.25) is 14.2 Å². The molecule has 1 aliphatic heterocycles. The Kier molecular flexibility index (Phi) is 6.70. The van der Waals surface area contributed by atoms with Gasteiger partial charge in [0.05, 0.1) is 11.2 Å². The predicted molar refractivity (Wildman–Crippen MR) is 133 cm³/mol. The van der Waals surface area contributed by atoms with Crippen LogP contribution >= 0.6 is 0 Å². The van der Waals surface area contributed by atoms with Gasteiger partial charge in [-0.1, -0.05) is 36.4 Å². The first-order chi connectivity index (χ1) is 17.1. The summed E-state index contributed by atoms with van der Waals surface area (Å²) in [5.74, 6) is 1.50. The molecule has 0 atom stereocenters. The van der Waals surface area contributed by atoms with E-state index in [2.05, 4.69) is 27.4 Å². The number of piperidine rings is 1. The molecule has 4 aromatic rings. The SMILES string of the molecule is Cc1nn(C(=O)CCCC(=O)N2CCC(Cc3nncn3-c3ccccc3)CC2)c2ccccc12. The highest BCUT2D eigenvalue weighted by molar-refractivity contribution is 5.92. The van der Waals surface area contributed by atoms with Crippen LogP contribution in [0.5, 0.6) is 0 Å². The Hall–Kier alpha value is -3.81. The van der Waals surface area contributed by atoms with E-state index in [0.717, 1.165) is 60.5 Å². The molecular weight excluding hydrogens is 440 g/mol. The standard InChI is InChI=1S/C27H30N6O2/c1-20-23-10-5-6-11-24(23)33(30-20)27(35)13-7-12-26(34)31-16-14-21(15-17-31)18-25-29-28-19-32(25)22-8-3-2-4-9-22/h2-6,8-11,19,21H,7,12-18H2,1H3. The number of amides is 1. The first-order valence-corrected chi connectivity index (χ1v) is 12.3. The molecule has 1 amide bonds. The Balaban J connectivity index is 1.09. The lowest BCUT2D eigenvalue weighted by atomic mass is 9.93. The Labute approximate surface area is 204 Å². The van der Waals surface area contributed by atoms with Gasteiger partial charge in [-0.25, -0.2) is 0 Å². The molecule has 8 heteroatoms. The molecule has 180 valence electrons. The number of fused-ring (bicyclic) bond motifs is 1. The van der Waals surface area contributed by atoms with Crippen molar-refractivity contribution in [1.82, 2.24) is 29.4 Å². The van der Waals surface area contributed by atoms with Crippen LogP contribution in [0.4, 0.5) is 0 Å². The summed E-state index contributed by atoms with van der Waals surface area (Å²) < 4.78 is 3.52. The third kappa shape index (κ3) is 5.01. The van der Waals surface area contributed by atoms with Crippen molar-refractivity contribution < 1.29 is 9.59 Å². The van der Waals surface area contributed by atoms with Gasteiger partial charge in [-0.2, -0.15) is 9.78 Å². The summed E-state index contributed by atoms with van der Waals surface area (Å²) in [4.78, 5) is 27.4. The quantitative estimate of drug-likeness (QED) is 0.404. The number of hydrogen-bond acceptors (Lipinski definition) is 5. The van der Waals surface area contributed by atoms with E-state index in [1.165, 1.54) is 4.68 Å². The Bertz CT molecular complexity index is 1320. The molecule has 8 nitrogen and oxygen atoms in total. The minimum atomic E-state index is -0.0664. The zero-order valence-electron chi connectivity index (χ0n) is 20.0. The molecule has 1 fully saturated rings. The topological polar surface area (TPSA) is 85.9 Å². The van der Waals surface area contributed by atoms with Crippen molar-refractivity contribution >= 4 is 22.7 Å². The smallest absolute Gasteiger partial charge is 0.247 e. The van der Waals surface area contributed by atoms with Gasteiger partial charge in [-0.15, -0.1) is 10.2 Å². The summed E-state index contributed by atoms with van der Waals surface area (Å²) in [6, 6.07) is 17.9. The summed E-state index contributed by atoms with van der Waals surface area (Å²) in [6.45, 7) is 3.41. The molecule has 3 heterocycles. The second-order valence-corrected chi connectivity index (χ2v) is 9.24. The van der Waals surface area contributed by atoms with Crippen LogP contribution in [0.2, 0.25) is 0 Å². The molecule has 0 bridgehead atoms. The minimum Gasteiger partial charge on any atom is -0.343 e. The van der Waals surface area contributed by atoms with E-state index in [0.29, 0.717) is 25.2 Å². The van der Waals surface area contributed by atoms with Gasteiger partial charge < -0.3 is 4.90 Å². The van der Waals surface area contributed by atoms with Gasteiger partial charge in [0.2, 0.25) is 11.8 Å². The fourth-order valence-electron chi connectivity index (χ4n) is 4.91. The highest BCUT2D eigenvalue weighted by Crippen LogP contribution is 2.23. The van der Waals surface area contributed by atoms with Crippen LogP contribution in [-0.4, -0.2) is 54.3 Å². The van der Waals surface area contributed by atoms with Crippen molar-refractivity contribution in [1.29, 1.82) is 0 Å². The van der Waals surface area contributed by atoms with Crippen molar-refractivity contribution in [2.24, 2.45) is 5.92 Å². The lowest BCUT2D eigenvalue weighted by Crippen LogP contribution is -2.39. The molecule has 1 aliphatic rings. The number of aromatic nitrogens is 5. The maximum atomic E-state index is 12.8. The molecule has 2 aromatic heterocycles. The van der Waals surface area contributed by atoms with Gasteiger partial charge in [0.15, 0.2) is 0 Å². The van der Waals surface area contributed by atoms with E-state index >= 15 is 0 Å². The van der Waals surface area contributed by atoms with Crippen molar-refractivity contribution in [2.75, 3.05) is 13.1 Å². The zero-order valence-corrected chi connectivity index (χ0v) is 20.0. The highest BCUT2D eigenvalue weighted by Gasteiger charge is 2.24. The van der Waals surface area contributed by atoms with Crippen molar-refractivity contribution in [2.45, 2.75) is 45.4 Å². The van der Waals surface area contributed by atoms with Crippen LogP contribution in [0.1, 0.15) is 48.4 Å². The van der Waals surface area contributed by atoms with E-state index in [-0.39, 0.29) is 11.8 Å². The number of rotatable bonds is 7. The zero-order chi connectivity index (χ0) is 24.2. The summed E-state index contributed by atoms with van der Waals surface area (Å²) >= 11 is 0. The molecule has 0 N–H and O–H groups in total. The van der Waals surface area contributed by atoms with Crippen LogP contribution in [0.3, 0.4) is 0 Å². The molecule has 0 radical (unpaired) electrons. The molecule has 0 aliphatic carbocycles. The number of para-hydroxylation sites is 2. The van der Waals surface area contributed by atoms with Crippen LogP contribution in [0.15, 0.2) is 60.9 Å². The van der Waals surface area contributed by atoms with Crippen molar-refractivity contribution in [3.05, 3.63) is 72.4 Å². The fraction of sp³-hybridized carbons (Fsp3) is 0.370. The monoisotopic (exact) mass is 470 g/mol. The van der Waals surface area contributed by atoms with Gasteiger partial charge >= 0.3 is 0 Å². The van der Waals surface area contributed by atoms with E-state index in [1.807, 2.05) is 58.9 Å². The Morgan fingerprint density at radius 2 is 1.66 bits per heavy atom. The Morgan fingerprint density at radius 3 is 2.46 bits per heavy atom. The molecule has 0 saturated carbocycles. The minimum absolute atomic E-state index is 0.0664. The normalized spacial score (nSPS) is 14.5. The lowest BCUT2D eigenvalue weighted by molar-refractivity contribution is -0.132. The maximum absolute atomic E-state index is 12.8. The van der Waals surface area contributed by atoms with E-state index in [4.69, 9.17) is 0 Å². The largest absolute Gasteiger partial charge is 0.343 e. The summed E-state index contributed by atoms with van der Waals surface area (Å²) in [7, 11) is 0. The van der Waals surface area contributed by atoms with Crippen LogP contribution in [-0.2, 0) is 11.2 Å². The van der Waals surface area contributed by atoms with E-state index in [1.54, 1.807) is 6.33 Å². The van der Waals surface area contributed by atoms with Gasteiger partial charge in [0, 0.05) is 43.4 Å². The number of nitrogens with zero attached hydrogens (tertiary/aromatic N) is 6. The third-order valence-electron chi connectivity index (χ3n) is 6.88. The molecule has 35 heavy (non-hydrogen) atoms. The van der Waals surface area contributed by atoms with Crippen molar-refractivity contribution in [3.63, 3.8) is 0 Å². The Morgan fingerprint density at radius 1 is 0.943 bits per heavy atom. The average Bonchev–Trinajstić information content (AvgIpc) is 3.49. The predicted octanol–water partition coefficient (Wildman–Crippen LogP) is 4.22. The van der Waals surface area contributed by atoms with Crippen LogP contribution in [0.25, 0.3) is 16.6 Å². The number of carbonyl (C=O) groups excluding carboxylic acids is 2. The average molecular weight is 471 g/mol. The maximum Gasteiger partial charge on any atom is 0.247 e. The van der Waals surface area contributed by atoms with E-state index < -0.39 is 0 Å². The van der Waals surface area contributed by atoms with Gasteiger partial charge in [-0.05, 0) is 50.3 Å². The summed E-state index contributed by atoms with van der Waals surface area (Å²) in [5, 5.41) is 13.8. The number of aryl methyl sites for hydroxylation is 1. The van der Waals surface area contributed by atoms with Crippen LogP contribution in [0, 0.1) is 12.8 Å². The highest BCUT2D eigenvalue weighted by atomic mass is 16.2. The van der Waals surface area contributed by atoms with Gasteiger partial charge in [0.25, 0.3) is 0 Å². The number of likely N-dealkylation sites (tertiary alicyclic amines) is 1. The first-order valence-electron chi connectivity index (χ1n) is 12.3. The number of benzene rings is 2. The van der Waals surface area contributed by atoms with Crippen molar-refractivity contribution in [3.8, 4) is 5.69 Å². The first kappa shape index (κ1) is 23.0. The van der Waals surface area contributed by atoms with Gasteiger partial charge in [0.1, 0.15) is 12.2 Å². The third-order valence-corrected chi connectivity index (χ3v) is 6.88. The second kappa shape index (κ2) is 10.2. The number of carbonyl (C=O) groups is 2. The molecule has 0 spiro atoms. The lowest BCUT2D eigenvalue weighted by Gasteiger charge is -2.32. The van der Waals surface area contributed by atoms with E-state index in [9.17, 15) is 9.59 Å². The molecule has 1 saturated heterocycles. The molecule has 2 aromatic carbocycles. The molecule has 5 rings (SSSR count). The number of hydrogen-bond donors (Lipinski definition) is 0. The molecular formula is C27H30N6O2. The van der Waals surface area contributed by atoms with Crippen LogP contribution < -0.4 is 0 Å². The molecule has 0 unspecified atom stereocenters. The summed E-state index contributed by atoms with van der Waals surface area (Å²) in [5.41, 5.74) is 2.73.